The molecule has 0 spiro atoms. The number of rotatable bonds is 5. The second-order valence-corrected chi connectivity index (χ2v) is 4.51. The fourth-order valence-electron chi connectivity index (χ4n) is 2.12. The number of piperidine rings is 1. The first-order valence-electron chi connectivity index (χ1n) is 5.83. The molecule has 2 N–H and O–H groups in total. The molecule has 0 unspecified atom stereocenters. The number of nitrogens with zero attached hydrogens (tertiary/aromatic N) is 2. The van der Waals surface area contributed by atoms with E-state index in [0.717, 1.165) is 19.0 Å². The third kappa shape index (κ3) is 3.95. The molecule has 1 rings (SSSR count). The van der Waals surface area contributed by atoms with Crippen LogP contribution in [0.2, 0.25) is 0 Å². The Bertz CT molecular complexity index is 141. The summed E-state index contributed by atoms with van der Waals surface area (Å²) in [7, 11) is 4.47. The molecule has 0 saturated carbocycles. The van der Waals surface area contributed by atoms with Gasteiger partial charge in [-0.3, -0.25) is 0 Å². The molecule has 1 aliphatic rings. The minimum Gasteiger partial charge on any atom is -0.330 e. The molecular weight excluding hydrogens is 174 g/mol. The highest BCUT2D eigenvalue weighted by molar-refractivity contribution is 4.76. The van der Waals surface area contributed by atoms with Crippen molar-refractivity contribution in [3.8, 4) is 0 Å². The lowest BCUT2D eigenvalue weighted by Crippen LogP contribution is -2.42. The van der Waals surface area contributed by atoms with Crippen molar-refractivity contribution in [3.05, 3.63) is 0 Å². The summed E-state index contributed by atoms with van der Waals surface area (Å²) < 4.78 is 0. The standard InChI is InChI=1S/C11H25N3/c1-13-9-5-11(6-10-13)14(2)8-4-3-7-12/h11H,3-10,12H2,1-2H3. The third-order valence-corrected chi connectivity index (χ3v) is 3.28. The Labute approximate surface area is 88.2 Å². The van der Waals surface area contributed by atoms with E-state index in [9.17, 15) is 0 Å². The van der Waals surface area contributed by atoms with E-state index in [-0.39, 0.29) is 0 Å². The lowest BCUT2D eigenvalue weighted by atomic mass is 10.0. The zero-order valence-corrected chi connectivity index (χ0v) is 9.71. The molecule has 0 amide bonds. The summed E-state index contributed by atoms with van der Waals surface area (Å²) in [5.74, 6) is 0. The molecule has 14 heavy (non-hydrogen) atoms. The molecule has 1 saturated heterocycles. The van der Waals surface area contributed by atoms with Crippen LogP contribution < -0.4 is 5.73 Å². The van der Waals surface area contributed by atoms with Gasteiger partial charge in [-0.2, -0.15) is 0 Å². The molecule has 3 heteroatoms. The smallest absolute Gasteiger partial charge is 0.0117 e. The molecule has 3 nitrogen and oxygen atoms in total. The topological polar surface area (TPSA) is 32.5 Å². The maximum atomic E-state index is 5.49. The predicted octanol–water partition coefficient (Wildman–Crippen LogP) is 0.751. The minimum atomic E-state index is 0.809. The largest absolute Gasteiger partial charge is 0.330 e. The highest BCUT2D eigenvalue weighted by Crippen LogP contribution is 2.14. The van der Waals surface area contributed by atoms with Crippen LogP contribution in [-0.2, 0) is 0 Å². The van der Waals surface area contributed by atoms with Gasteiger partial charge in [0.2, 0.25) is 0 Å². The fourth-order valence-corrected chi connectivity index (χ4v) is 2.12. The summed E-state index contributed by atoms with van der Waals surface area (Å²) in [5.41, 5.74) is 5.49. The van der Waals surface area contributed by atoms with Crippen molar-refractivity contribution in [1.29, 1.82) is 0 Å². The summed E-state index contributed by atoms with van der Waals surface area (Å²) in [6, 6.07) is 0.809. The van der Waals surface area contributed by atoms with Crippen molar-refractivity contribution in [2.75, 3.05) is 40.3 Å². The van der Waals surface area contributed by atoms with Gasteiger partial charge in [0.15, 0.2) is 0 Å². The van der Waals surface area contributed by atoms with Crippen LogP contribution in [0, 0.1) is 0 Å². The summed E-state index contributed by atoms with van der Waals surface area (Å²) in [6.07, 6.45) is 5.07. The van der Waals surface area contributed by atoms with Crippen molar-refractivity contribution < 1.29 is 0 Å². The zero-order chi connectivity index (χ0) is 10.4. The SMILES string of the molecule is CN1CCC(N(C)CCCCN)CC1. The van der Waals surface area contributed by atoms with E-state index in [1.54, 1.807) is 0 Å². The molecule has 84 valence electrons. The predicted molar refractivity (Wildman–Crippen MR) is 61.4 cm³/mol. The Hall–Kier alpha value is -0.120. The second kappa shape index (κ2) is 6.38. The Morgan fingerprint density at radius 1 is 1.29 bits per heavy atom. The van der Waals surface area contributed by atoms with Crippen molar-refractivity contribution in [3.63, 3.8) is 0 Å². The molecule has 0 radical (unpaired) electrons. The van der Waals surface area contributed by atoms with Crippen LogP contribution in [0.1, 0.15) is 25.7 Å². The number of nitrogens with two attached hydrogens (primary N) is 1. The molecule has 0 aromatic heterocycles. The van der Waals surface area contributed by atoms with E-state index in [2.05, 4.69) is 23.9 Å². The van der Waals surface area contributed by atoms with Crippen LogP contribution in [0.4, 0.5) is 0 Å². The van der Waals surface area contributed by atoms with Crippen LogP contribution in [0.5, 0.6) is 0 Å². The van der Waals surface area contributed by atoms with E-state index in [1.165, 1.54) is 38.9 Å². The number of unbranched alkanes of at least 4 members (excludes halogenated alkanes) is 1. The monoisotopic (exact) mass is 199 g/mol. The van der Waals surface area contributed by atoms with Crippen molar-refractivity contribution in [2.45, 2.75) is 31.7 Å². The van der Waals surface area contributed by atoms with Gasteiger partial charge in [0.1, 0.15) is 0 Å². The number of hydrogen-bond donors (Lipinski definition) is 1. The molecule has 0 aromatic rings. The van der Waals surface area contributed by atoms with E-state index in [0.29, 0.717) is 0 Å². The van der Waals surface area contributed by atoms with Crippen LogP contribution in [-0.4, -0.2) is 56.1 Å². The van der Waals surface area contributed by atoms with Crippen molar-refractivity contribution >= 4 is 0 Å². The van der Waals surface area contributed by atoms with Crippen LogP contribution in [0.15, 0.2) is 0 Å². The first-order valence-corrected chi connectivity index (χ1v) is 5.83. The second-order valence-electron chi connectivity index (χ2n) is 4.51. The van der Waals surface area contributed by atoms with Gasteiger partial charge >= 0.3 is 0 Å². The average Bonchev–Trinajstić information content (AvgIpc) is 2.19. The maximum Gasteiger partial charge on any atom is 0.0117 e. The number of likely N-dealkylation sites (tertiary alicyclic amines) is 1. The minimum absolute atomic E-state index is 0.809. The van der Waals surface area contributed by atoms with E-state index >= 15 is 0 Å². The van der Waals surface area contributed by atoms with E-state index < -0.39 is 0 Å². The normalized spacial score (nSPS) is 20.6. The lowest BCUT2D eigenvalue weighted by Gasteiger charge is -2.35. The van der Waals surface area contributed by atoms with Gasteiger partial charge in [0.25, 0.3) is 0 Å². The molecule has 0 bridgehead atoms. The average molecular weight is 199 g/mol. The Morgan fingerprint density at radius 3 is 2.50 bits per heavy atom. The van der Waals surface area contributed by atoms with E-state index in [4.69, 9.17) is 5.73 Å². The van der Waals surface area contributed by atoms with Crippen LogP contribution in [0.25, 0.3) is 0 Å². The number of hydrogen-bond acceptors (Lipinski definition) is 3. The summed E-state index contributed by atoms with van der Waals surface area (Å²) in [6.45, 7) is 4.56. The van der Waals surface area contributed by atoms with Gasteiger partial charge in [-0.1, -0.05) is 0 Å². The highest BCUT2D eigenvalue weighted by Gasteiger charge is 2.19. The highest BCUT2D eigenvalue weighted by atomic mass is 15.2. The van der Waals surface area contributed by atoms with E-state index in [1.807, 2.05) is 0 Å². The van der Waals surface area contributed by atoms with Gasteiger partial charge in [0.05, 0.1) is 0 Å². The fraction of sp³-hybridized carbons (Fsp3) is 1.00. The van der Waals surface area contributed by atoms with Crippen molar-refractivity contribution in [2.24, 2.45) is 5.73 Å². The zero-order valence-electron chi connectivity index (χ0n) is 9.71. The molecule has 1 heterocycles. The summed E-state index contributed by atoms with van der Waals surface area (Å²) in [5, 5.41) is 0. The molecule has 0 aromatic carbocycles. The van der Waals surface area contributed by atoms with Gasteiger partial charge < -0.3 is 15.5 Å². The lowest BCUT2D eigenvalue weighted by molar-refractivity contribution is 0.143. The van der Waals surface area contributed by atoms with Crippen LogP contribution >= 0.6 is 0 Å². The Morgan fingerprint density at radius 2 is 1.93 bits per heavy atom. The van der Waals surface area contributed by atoms with Crippen molar-refractivity contribution in [1.82, 2.24) is 9.80 Å². The Balaban J connectivity index is 2.13. The molecule has 1 fully saturated rings. The van der Waals surface area contributed by atoms with Crippen LogP contribution in [0.3, 0.4) is 0 Å². The van der Waals surface area contributed by atoms with Gasteiger partial charge in [0, 0.05) is 6.04 Å². The Kier molecular flexibility index (Phi) is 5.45. The summed E-state index contributed by atoms with van der Waals surface area (Å²) in [4.78, 5) is 4.94. The first kappa shape index (κ1) is 12.0. The molecule has 1 aliphatic heterocycles. The molecule has 0 atom stereocenters. The molecular formula is C11H25N3. The third-order valence-electron chi connectivity index (χ3n) is 3.28. The maximum absolute atomic E-state index is 5.49. The van der Waals surface area contributed by atoms with Gasteiger partial charge in [-0.15, -0.1) is 0 Å². The first-order chi connectivity index (χ1) is 6.74. The van der Waals surface area contributed by atoms with Gasteiger partial charge in [-0.05, 0) is 66.0 Å². The quantitative estimate of drug-likeness (QED) is 0.663. The summed E-state index contributed by atoms with van der Waals surface area (Å²) >= 11 is 0. The van der Waals surface area contributed by atoms with Gasteiger partial charge in [-0.25, -0.2) is 0 Å². The molecule has 0 aliphatic carbocycles.